The topological polar surface area (TPSA) is 51.1 Å². The van der Waals surface area contributed by atoms with Gasteiger partial charge >= 0.3 is 0 Å². The van der Waals surface area contributed by atoms with Crippen molar-refractivity contribution in [2.45, 2.75) is 18.7 Å². The number of ether oxygens (including phenoxy) is 2. The standard InChI is InChI=1S/C24H20N2O3/c1-28-18-13-11-17(12-14-18)23(27)24-26-21(19-9-5-6-10-22(19)29-24)15-20(25-26)16-7-3-2-4-8-16/h2-14,21,24H,15H2,1H3/t21-,24+/m1/s1. The summed E-state index contributed by atoms with van der Waals surface area (Å²) in [5, 5.41) is 6.64. The predicted molar refractivity (Wildman–Crippen MR) is 110 cm³/mol. The first kappa shape index (κ1) is 17.5. The van der Waals surface area contributed by atoms with Crippen LogP contribution in [-0.4, -0.2) is 29.8 Å². The highest BCUT2D eigenvalue weighted by Crippen LogP contribution is 2.43. The van der Waals surface area contributed by atoms with Gasteiger partial charge in [-0.15, -0.1) is 0 Å². The number of carbonyl (C=O) groups excluding carboxylic acids is 1. The maximum absolute atomic E-state index is 13.3. The van der Waals surface area contributed by atoms with Gasteiger partial charge in [0.25, 0.3) is 6.23 Å². The number of para-hydroxylation sites is 1. The highest BCUT2D eigenvalue weighted by atomic mass is 16.5. The zero-order valence-electron chi connectivity index (χ0n) is 16.0. The van der Waals surface area contributed by atoms with Crippen molar-refractivity contribution < 1.29 is 14.3 Å². The van der Waals surface area contributed by atoms with Gasteiger partial charge in [0.2, 0.25) is 5.78 Å². The van der Waals surface area contributed by atoms with Gasteiger partial charge in [-0.3, -0.25) is 4.79 Å². The molecule has 0 saturated carbocycles. The second-order valence-corrected chi connectivity index (χ2v) is 7.11. The number of fused-ring (bicyclic) bond motifs is 3. The molecule has 0 N–H and O–H groups in total. The summed E-state index contributed by atoms with van der Waals surface area (Å²) in [7, 11) is 1.60. The van der Waals surface area contributed by atoms with Crippen LogP contribution in [0.25, 0.3) is 0 Å². The fourth-order valence-electron chi connectivity index (χ4n) is 3.91. The molecule has 0 aliphatic carbocycles. The van der Waals surface area contributed by atoms with Crippen LogP contribution in [0.1, 0.15) is 33.9 Å². The van der Waals surface area contributed by atoms with Crippen molar-refractivity contribution in [2.75, 3.05) is 7.11 Å². The summed E-state index contributed by atoms with van der Waals surface area (Å²) in [5.41, 5.74) is 3.65. The molecule has 0 unspecified atom stereocenters. The smallest absolute Gasteiger partial charge is 0.251 e. The summed E-state index contributed by atoms with van der Waals surface area (Å²) in [5.74, 6) is 1.33. The van der Waals surface area contributed by atoms with E-state index in [1.54, 1.807) is 31.4 Å². The number of carbonyl (C=O) groups is 1. The molecule has 5 nitrogen and oxygen atoms in total. The van der Waals surface area contributed by atoms with E-state index in [0.29, 0.717) is 11.3 Å². The molecule has 0 aromatic heterocycles. The SMILES string of the molecule is COc1ccc(C(=O)[C@@H]2Oc3ccccc3[C@H]3CC(c4ccccc4)=NN32)cc1. The lowest BCUT2D eigenvalue weighted by Gasteiger charge is -2.37. The second kappa shape index (κ2) is 7.09. The first-order valence-electron chi connectivity index (χ1n) is 9.59. The van der Waals surface area contributed by atoms with E-state index in [1.165, 1.54) is 0 Å². The Hall–Kier alpha value is -3.60. The zero-order chi connectivity index (χ0) is 19.8. The number of hydrogen-bond acceptors (Lipinski definition) is 5. The normalized spacial score (nSPS) is 19.6. The van der Waals surface area contributed by atoms with Crippen LogP contribution in [-0.2, 0) is 0 Å². The minimum atomic E-state index is -0.801. The minimum Gasteiger partial charge on any atom is -0.497 e. The van der Waals surface area contributed by atoms with Gasteiger partial charge in [0.1, 0.15) is 11.5 Å². The number of Topliss-reactive ketones (excluding diaryl/α,β-unsaturated/α-hetero) is 1. The number of methoxy groups -OCH3 is 1. The molecular formula is C24H20N2O3. The first-order valence-corrected chi connectivity index (χ1v) is 9.59. The third-order valence-electron chi connectivity index (χ3n) is 5.40. The number of nitrogens with zero attached hydrogens (tertiary/aromatic N) is 2. The molecular weight excluding hydrogens is 364 g/mol. The molecule has 0 radical (unpaired) electrons. The summed E-state index contributed by atoms with van der Waals surface area (Å²) in [6.45, 7) is 0. The maximum atomic E-state index is 13.3. The Bertz CT molecular complexity index is 1080. The van der Waals surface area contributed by atoms with E-state index in [0.717, 1.165) is 29.0 Å². The fraction of sp³-hybridized carbons (Fsp3) is 0.167. The molecule has 29 heavy (non-hydrogen) atoms. The molecule has 144 valence electrons. The van der Waals surface area contributed by atoms with Crippen molar-refractivity contribution in [3.8, 4) is 11.5 Å². The quantitative estimate of drug-likeness (QED) is 0.624. The van der Waals surface area contributed by atoms with E-state index >= 15 is 0 Å². The largest absolute Gasteiger partial charge is 0.497 e. The van der Waals surface area contributed by atoms with Crippen molar-refractivity contribution in [3.05, 3.63) is 95.6 Å². The Labute approximate surface area is 169 Å². The molecule has 3 aromatic rings. The van der Waals surface area contributed by atoms with Gasteiger partial charge in [-0.05, 0) is 35.9 Å². The molecule has 2 heterocycles. The molecule has 0 fully saturated rings. The van der Waals surface area contributed by atoms with E-state index in [4.69, 9.17) is 14.6 Å². The van der Waals surface area contributed by atoms with E-state index < -0.39 is 6.23 Å². The Morgan fingerprint density at radius 3 is 2.48 bits per heavy atom. The summed E-state index contributed by atoms with van der Waals surface area (Å²) in [6.07, 6.45) is -0.0685. The van der Waals surface area contributed by atoms with E-state index in [-0.39, 0.29) is 11.8 Å². The predicted octanol–water partition coefficient (Wildman–Crippen LogP) is 4.45. The third-order valence-corrected chi connectivity index (χ3v) is 5.40. The average Bonchev–Trinajstić information content (AvgIpc) is 3.24. The van der Waals surface area contributed by atoms with E-state index in [2.05, 4.69) is 0 Å². The number of hydrogen-bond donors (Lipinski definition) is 0. The highest BCUT2D eigenvalue weighted by molar-refractivity contribution is 6.03. The van der Waals surface area contributed by atoms with Gasteiger partial charge in [-0.2, -0.15) is 5.10 Å². The van der Waals surface area contributed by atoms with Crippen LogP contribution in [0.4, 0.5) is 0 Å². The van der Waals surface area contributed by atoms with Crippen LogP contribution in [0, 0.1) is 0 Å². The highest BCUT2D eigenvalue weighted by Gasteiger charge is 2.43. The fourth-order valence-corrected chi connectivity index (χ4v) is 3.91. The van der Waals surface area contributed by atoms with Gasteiger partial charge in [0, 0.05) is 17.5 Å². The Morgan fingerprint density at radius 2 is 1.72 bits per heavy atom. The summed E-state index contributed by atoms with van der Waals surface area (Å²) >= 11 is 0. The van der Waals surface area contributed by atoms with Gasteiger partial charge in [-0.25, -0.2) is 5.01 Å². The van der Waals surface area contributed by atoms with Crippen molar-refractivity contribution >= 4 is 11.5 Å². The third kappa shape index (κ3) is 3.05. The number of benzene rings is 3. The van der Waals surface area contributed by atoms with Gasteiger partial charge in [0.15, 0.2) is 0 Å². The molecule has 3 aromatic carbocycles. The van der Waals surface area contributed by atoms with Gasteiger partial charge in [0.05, 0.1) is 18.9 Å². The van der Waals surface area contributed by atoms with Crippen molar-refractivity contribution in [2.24, 2.45) is 5.10 Å². The first-order chi connectivity index (χ1) is 14.2. The van der Waals surface area contributed by atoms with Crippen molar-refractivity contribution in [1.82, 2.24) is 5.01 Å². The van der Waals surface area contributed by atoms with Crippen LogP contribution in [0.3, 0.4) is 0 Å². The number of ketones is 1. The second-order valence-electron chi connectivity index (χ2n) is 7.11. The van der Waals surface area contributed by atoms with Crippen molar-refractivity contribution in [1.29, 1.82) is 0 Å². The van der Waals surface area contributed by atoms with Gasteiger partial charge in [-0.1, -0.05) is 48.5 Å². The molecule has 0 saturated heterocycles. The van der Waals surface area contributed by atoms with Gasteiger partial charge < -0.3 is 9.47 Å². The Balaban J connectivity index is 1.54. The molecule has 0 amide bonds. The van der Waals surface area contributed by atoms with Crippen molar-refractivity contribution in [3.63, 3.8) is 0 Å². The molecule has 0 spiro atoms. The lowest BCUT2D eigenvalue weighted by atomic mass is 9.96. The molecule has 5 heteroatoms. The lowest BCUT2D eigenvalue weighted by Crippen LogP contribution is -2.45. The number of rotatable bonds is 4. The molecule has 2 aliphatic heterocycles. The Kier molecular flexibility index (Phi) is 4.28. The Morgan fingerprint density at radius 1 is 1.00 bits per heavy atom. The van der Waals surface area contributed by atoms with Crippen LogP contribution in [0.5, 0.6) is 11.5 Å². The molecule has 2 aliphatic rings. The zero-order valence-corrected chi connectivity index (χ0v) is 16.0. The average molecular weight is 384 g/mol. The minimum absolute atomic E-state index is 0.0256. The van der Waals surface area contributed by atoms with E-state index in [1.807, 2.05) is 59.6 Å². The van der Waals surface area contributed by atoms with Crippen LogP contribution < -0.4 is 9.47 Å². The summed E-state index contributed by atoms with van der Waals surface area (Å²) in [6, 6.07) is 25.0. The number of hydrazone groups is 1. The molecule has 2 atom stereocenters. The lowest BCUT2D eigenvalue weighted by molar-refractivity contribution is -0.00455. The van der Waals surface area contributed by atoms with Crippen LogP contribution >= 0.6 is 0 Å². The molecule has 5 rings (SSSR count). The summed E-state index contributed by atoms with van der Waals surface area (Å²) in [4.78, 5) is 13.3. The maximum Gasteiger partial charge on any atom is 0.251 e. The molecule has 0 bridgehead atoms. The summed E-state index contributed by atoms with van der Waals surface area (Å²) < 4.78 is 11.3. The monoisotopic (exact) mass is 384 g/mol. The van der Waals surface area contributed by atoms with E-state index in [9.17, 15) is 4.79 Å². The van der Waals surface area contributed by atoms with Crippen LogP contribution in [0.15, 0.2) is 84.0 Å². The van der Waals surface area contributed by atoms with Crippen LogP contribution in [0.2, 0.25) is 0 Å².